The van der Waals surface area contributed by atoms with E-state index in [1.54, 1.807) is 12.1 Å². The quantitative estimate of drug-likeness (QED) is 0.363. The monoisotopic (exact) mass is 524 g/mol. The first-order chi connectivity index (χ1) is 18.4. The van der Waals surface area contributed by atoms with E-state index < -0.39 is 5.97 Å². The number of aromatic nitrogens is 3. The number of carbonyl (C=O) groups is 1. The van der Waals surface area contributed by atoms with Crippen LogP contribution in [0.25, 0.3) is 0 Å². The molecule has 1 aliphatic heterocycles. The molecule has 0 amide bonds. The molecule has 1 saturated heterocycles. The first kappa shape index (κ1) is 27.1. The van der Waals surface area contributed by atoms with Crippen molar-refractivity contribution in [2.45, 2.75) is 19.8 Å². The molecule has 2 heterocycles. The van der Waals surface area contributed by atoms with E-state index >= 15 is 0 Å². The summed E-state index contributed by atoms with van der Waals surface area (Å²) < 4.78 is 24.7. The topological polar surface area (TPSA) is 113 Å². The van der Waals surface area contributed by atoms with Crippen molar-refractivity contribution in [2.24, 2.45) is 5.92 Å². The number of aliphatic carboxylic acids is 1. The van der Waals surface area contributed by atoms with E-state index in [4.69, 9.17) is 9.47 Å². The Morgan fingerprint density at radius 2 is 1.84 bits per heavy atom. The van der Waals surface area contributed by atoms with E-state index in [0.717, 1.165) is 5.56 Å². The van der Waals surface area contributed by atoms with Crippen LogP contribution in [-0.4, -0.2) is 72.5 Å². The van der Waals surface area contributed by atoms with E-state index in [1.165, 1.54) is 12.1 Å². The van der Waals surface area contributed by atoms with Crippen molar-refractivity contribution in [1.29, 1.82) is 0 Å². The Morgan fingerprint density at radius 1 is 1.13 bits per heavy atom. The summed E-state index contributed by atoms with van der Waals surface area (Å²) in [6.07, 6.45) is 1.08. The minimum Gasteiger partial charge on any atom is -0.492 e. The molecule has 202 valence electrons. The molecule has 0 saturated carbocycles. The molecular weight excluding hydrogens is 491 g/mol. The minimum atomic E-state index is -0.776. The highest BCUT2D eigenvalue weighted by Gasteiger charge is 2.19. The van der Waals surface area contributed by atoms with Crippen LogP contribution in [0.15, 0.2) is 48.5 Å². The highest BCUT2D eigenvalue weighted by atomic mass is 19.1. The third kappa shape index (κ3) is 7.51. The molecule has 4 rings (SSSR count). The molecule has 10 nitrogen and oxygen atoms in total. The molecular formula is C27H33FN6O4. The van der Waals surface area contributed by atoms with Gasteiger partial charge in [-0.15, -0.1) is 0 Å². The van der Waals surface area contributed by atoms with Crippen LogP contribution in [0.2, 0.25) is 0 Å². The van der Waals surface area contributed by atoms with Gasteiger partial charge >= 0.3 is 5.97 Å². The van der Waals surface area contributed by atoms with Crippen LogP contribution >= 0.6 is 0 Å². The first-order valence-corrected chi connectivity index (χ1v) is 12.7. The number of anilines is 4. The predicted octanol–water partition coefficient (Wildman–Crippen LogP) is 3.76. The number of hydrogen-bond donors (Lipinski definition) is 2. The number of nitrogens with zero attached hydrogens (tertiary/aromatic N) is 5. The first-order valence-electron chi connectivity index (χ1n) is 12.7. The van der Waals surface area contributed by atoms with Gasteiger partial charge in [0.1, 0.15) is 18.2 Å². The van der Waals surface area contributed by atoms with Crippen molar-refractivity contribution in [1.82, 2.24) is 15.0 Å². The maximum absolute atomic E-state index is 13.3. The molecule has 0 radical (unpaired) electrons. The largest absolute Gasteiger partial charge is 0.492 e. The molecule has 11 heteroatoms. The fourth-order valence-corrected chi connectivity index (χ4v) is 3.96. The van der Waals surface area contributed by atoms with Crippen molar-refractivity contribution in [2.75, 3.05) is 61.6 Å². The summed E-state index contributed by atoms with van der Waals surface area (Å²) in [5.74, 6) is 0.595. The van der Waals surface area contributed by atoms with E-state index in [1.807, 2.05) is 48.0 Å². The molecule has 0 aliphatic carbocycles. The zero-order valence-corrected chi connectivity index (χ0v) is 21.6. The van der Waals surface area contributed by atoms with Crippen LogP contribution in [0.4, 0.5) is 27.9 Å². The molecule has 2 N–H and O–H groups in total. The summed E-state index contributed by atoms with van der Waals surface area (Å²) in [5.41, 5.74) is 1.63. The van der Waals surface area contributed by atoms with Gasteiger partial charge in [0.05, 0.1) is 25.7 Å². The van der Waals surface area contributed by atoms with Gasteiger partial charge in [0.2, 0.25) is 17.8 Å². The molecule has 2 aromatic carbocycles. The molecule has 1 aliphatic rings. The Kier molecular flexibility index (Phi) is 9.26. The highest BCUT2D eigenvalue weighted by molar-refractivity contribution is 5.70. The zero-order chi connectivity index (χ0) is 26.9. The van der Waals surface area contributed by atoms with Crippen LogP contribution in [0.5, 0.6) is 5.75 Å². The van der Waals surface area contributed by atoms with Crippen molar-refractivity contribution in [3.05, 3.63) is 59.9 Å². The van der Waals surface area contributed by atoms with Gasteiger partial charge in [-0.2, -0.15) is 15.0 Å². The van der Waals surface area contributed by atoms with Gasteiger partial charge in [0.25, 0.3) is 0 Å². The summed E-state index contributed by atoms with van der Waals surface area (Å²) in [6.45, 7) is 5.33. The van der Waals surface area contributed by atoms with Gasteiger partial charge in [-0.05, 0) is 54.8 Å². The molecule has 0 bridgehead atoms. The number of nitrogens with one attached hydrogen (secondary N) is 1. The van der Waals surface area contributed by atoms with Gasteiger partial charge in [-0.25, -0.2) is 4.39 Å². The number of morpholine rings is 1. The van der Waals surface area contributed by atoms with Crippen LogP contribution < -0.4 is 19.9 Å². The average Bonchev–Trinajstić information content (AvgIpc) is 2.94. The van der Waals surface area contributed by atoms with Crippen LogP contribution in [0, 0.1) is 11.7 Å². The lowest BCUT2D eigenvalue weighted by atomic mass is 9.97. The molecule has 1 unspecified atom stereocenters. The molecule has 1 atom stereocenters. The van der Waals surface area contributed by atoms with Crippen LogP contribution in [0.3, 0.4) is 0 Å². The molecule has 0 spiro atoms. The third-order valence-corrected chi connectivity index (χ3v) is 6.29. The second kappa shape index (κ2) is 13.0. The zero-order valence-electron chi connectivity index (χ0n) is 21.6. The summed E-state index contributed by atoms with van der Waals surface area (Å²) in [7, 11) is 1.88. The molecule has 1 fully saturated rings. The maximum atomic E-state index is 13.3. The van der Waals surface area contributed by atoms with Gasteiger partial charge in [-0.1, -0.05) is 19.1 Å². The van der Waals surface area contributed by atoms with Gasteiger partial charge in [0, 0.05) is 25.8 Å². The number of hydrogen-bond acceptors (Lipinski definition) is 9. The number of likely N-dealkylation sites (N-methyl/N-ethyl adjacent to an activating group) is 1. The third-order valence-electron chi connectivity index (χ3n) is 6.29. The van der Waals surface area contributed by atoms with Crippen molar-refractivity contribution in [3.63, 3.8) is 0 Å². The Balaban J connectivity index is 1.40. The predicted molar refractivity (Wildman–Crippen MR) is 143 cm³/mol. The number of rotatable bonds is 12. The molecule has 38 heavy (non-hydrogen) atoms. The second-order valence-electron chi connectivity index (χ2n) is 9.05. The smallest absolute Gasteiger partial charge is 0.306 e. The fourth-order valence-electron chi connectivity index (χ4n) is 3.96. The second-order valence-corrected chi connectivity index (χ2v) is 9.05. The Hall–Kier alpha value is -3.99. The lowest BCUT2D eigenvalue weighted by Crippen LogP contribution is -2.38. The van der Waals surface area contributed by atoms with Crippen molar-refractivity contribution in [3.8, 4) is 5.75 Å². The molecule has 3 aromatic rings. The normalized spacial score (nSPS) is 14.1. The minimum absolute atomic E-state index is 0.319. The van der Waals surface area contributed by atoms with Crippen LogP contribution in [-0.2, 0) is 16.0 Å². The van der Waals surface area contributed by atoms with Gasteiger partial charge in [0.15, 0.2) is 0 Å². The number of ether oxygens (including phenoxy) is 2. The average molecular weight is 525 g/mol. The maximum Gasteiger partial charge on any atom is 0.306 e. The summed E-state index contributed by atoms with van der Waals surface area (Å²) in [4.78, 5) is 29.0. The fraction of sp³-hybridized carbons (Fsp3) is 0.407. The summed E-state index contributed by atoms with van der Waals surface area (Å²) in [5, 5.41) is 12.4. The summed E-state index contributed by atoms with van der Waals surface area (Å²) >= 11 is 0. The lowest BCUT2D eigenvalue weighted by Gasteiger charge is -2.28. The Bertz CT molecular complexity index is 1190. The van der Waals surface area contributed by atoms with E-state index in [2.05, 4.69) is 20.3 Å². The van der Waals surface area contributed by atoms with E-state index in [0.29, 0.717) is 81.6 Å². The Morgan fingerprint density at radius 3 is 2.50 bits per heavy atom. The van der Waals surface area contributed by atoms with Crippen molar-refractivity contribution < 1.29 is 23.8 Å². The molecule has 1 aromatic heterocycles. The summed E-state index contributed by atoms with van der Waals surface area (Å²) in [6, 6.07) is 13.5. The van der Waals surface area contributed by atoms with Gasteiger partial charge in [-0.3, -0.25) is 4.79 Å². The lowest BCUT2D eigenvalue weighted by molar-refractivity contribution is -0.141. The number of carboxylic acids is 1. The SMILES string of the molecule is CCC(Cc1ccc(OCCN(C)c2nc(Nc3ccc(F)cc3)nc(N3CCOCC3)n2)cc1)C(=O)O. The van der Waals surface area contributed by atoms with E-state index in [-0.39, 0.29) is 11.7 Å². The standard InChI is InChI=1S/C27H33FN6O4/c1-3-20(24(35)36)18-19-4-10-23(11-5-19)38-17-12-33(2)26-30-25(29-22-8-6-21(28)7-9-22)31-27(32-26)34-13-15-37-16-14-34/h4-11,20H,3,12-18H2,1-2H3,(H,35,36)(H,29,30,31,32). The van der Waals surface area contributed by atoms with E-state index in [9.17, 15) is 14.3 Å². The Labute approximate surface area is 221 Å². The van der Waals surface area contributed by atoms with Gasteiger partial charge < -0.3 is 29.7 Å². The number of halogens is 1. The highest BCUT2D eigenvalue weighted by Crippen LogP contribution is 2.21. The van der Waals surface area contributed by atoms with Crippen LogP contribution in [0.1, 0.15) is 18.9 Å². The number of carboxylic acid groups (broad SMARTS) is 1. The number of benzene rings is 2. The van der Waals surface area contributed by atoms with Crippen molar-refractivity contribution >= 4 is 29.5 Å².